The smallest absolute Gasteiger partial charge is 0.256 e. The van der Waals surface area contributed by atoms with Crippen molar-refractivity contribution in [3.63, 3.8) is 0 Å². The third-order valence-electron chi connectivity index (χ3n) is 3.74. The van der Waals surface area contributed by atoms with Crippen molar-refractivity contribution in [3.8, 4) is 5.75 Å². The van der Waals surface area contributed by atoms with Gasteiger partial charge in [-0.2, -0.15) is 5.10 Å². The average molecular weight is 310 g/mol. The van der Waals surface area contributed by atoms with Gasteiger partial charge >= 0.3 is 0 Å². The summed E-state index contributed by atoms with van der Waals surface area (Å²) in [5, 5.41) is 17.8. The van der Waals surface area contributed by atoms with E-state index in [2.05, 4.69) is 15.4 Å². The number of rotatable bonds is 2. The van der Waals surface area contributed by atoms with Crippen LogP contribution in [0.25, 0.3) is 11.0 Å². The Hall–Kier alpha value is -2.89. The van der Waals surface area contributed by atoms with Crippen LogP contribution in [0.5, 0.6) is 5.75 Å². The van der Waals surface area contributed by atoms with Crippen molar-refractivity contribution < 1.29 is 9.90 Å². The molecule has 3 rings (SSSR count). The Bertz CT molecular complexity index is 928. The van der Waals surface area contributed by atoms with Gasteiger partial charge in [-0.05, 0) is 44.5 Å². The molecule has 0 fully saturated rings. The Labute approximate surface area is 133 Å². The number of hydrogen-bond donors (Lipinski definition) is 2. The SMILES string of the molecule is Cc1ccc(NC(=O)c2cc(C)nc3c2c(C)nn3C)c(O)c1. The molecule has 2 heterocycles. The minimum Gasteiger partial charge on any atom is -0.506 e. The molecule has 0 unspecified atom stereocenters. The van der Waals surface area contributed by atoms with E-state index in [9.17, 15) is 9.90 Å². The Morgan fingerprint density at radius 2 is 1.96 bits per heavy atom. The fourth-order valence-corrected chi connectivity index (χ4v) is 2.69. The number of carbonyl (C=O) groups excluding carboxylic acids is 1. The lowest BCUT2D eigenvalue weighted by Crippen LogP contribution is -2.13. The second-order valence-electron chi connectivity index (χ2n) is 5.69. The number of pyridine rings is 1. The zero-order valence-electron chi connectivity index (χ0n) is 13.5. The first-order chi connectivity index (χ1) is 10.9. The van der Waals surface area contributed by atoms with Crippen LogP contribution in [0, 0.1) is 20.8 Å². The van der Waals surface area contributed by atoms with Crippen LogP contribution in [0.4, 0.5) is 5.69 Å². The average Bonchev–Trinajstić information content (AvgIpc) is 2.76. The summed E-state index contributed by atoms with van der Waals surface area (Å²) in [6, 6.07) is 6.86. The standard InChI is InChI=1S/C17H18N4O2/c1-9-5-6-13(14(22)7-9)19-17(23)12-8-10(2)18-16-15(12)11(3)20-21(16)4/h5-8,22H,1-4H3,(H,19,23). The van der Waals surface area contributed by atoms with Crippen LogP contribution in [0.3, 0.4) is 0 Å². The van der Waals surface area contributed by atoms with Gasteiger partial charge in [0.1, 0.15) is 5.75 Å². The summed E-state index contributed by atoms with van der Waals surface area (Å²) >= 11 is 0. The molecule has 0 aliphatic rings. The van der Waals surface area contributed by atoms with Crippen LogP contribution >= 0.6 is 0 Å². The predicted octanol–water partition coefficient (Wildman–Crippen LogP) is 2.85. The molecule has 6 heteroatoms. The van der Waals surface area contributed by atoms with Crippen molar-refractivity contribution in [3.05, 3.63) is 46.8 Å². The maximum atomic E-state index is 12.7. The predicted molar refractivity (Wildman–Crippen MR) is 88.8 cm³/mol. The van der Waals surface area contributed by atoms with E-state index in [0.717, 1.165) is 22.3 Å². The van der Waals surface area contributed by atoms with Gasteiger partial charge in [0.05, 0.1) is 22.3 Å². The minimum atomic E-state index is -0.296. The van der Waals surface area contributed by atoms with Gasteiger partial charge in [0.15, 0.2) is 5.65 Å². The van der Waals surface area contributed by atoms with Gasteiger partial charge < -0.3 is 10.4 Å². The molecule has 6 nitrogen and oxygen atoms in total. The van der Waals surface area contributed by atoms with E-state index in [1.54, 1.807) is 29.9 Å². The first-order valence-electron chi connectivity index (χ1n) is 7.28. The third-order valence-corrected chi connectivity index (χ3v) is 3.74. The lowest BCUT2D eigenvalue weighted by Gasteiger charge is -2.09. The van der Waals surface area contributed by atoms with Gasteiger partial charge in [-0.15, -0.1) is 0 Å². The summed E-state index contributed by atoms with van der Waals surface area (Å²) < 4.78 is 1.66. The topological polar surface area (TPSA) is 80.0 Å². The molecule has 2 N–H and O–H groups in total. The normalized spacial score (nSPS) is 11.0. The molecule has 118 valence electrons. The van der Waals surface area contributed by atoms with Crippen molar-refractivity contribution in [2.45, 2.75) is 20.8 Å². The number of phenols is 1. The van der Waals surface area contributed by atoms with Gasteiger partial charge in [-0.3, -0.25) is 9.48 Å². The summed E-state index contributed by atoms with van der Waals surface area (Å²) in [5.41, 5.74) is 3.95. The minimum absolute atomic E-state index is 0.0447. The van der Waals surface area contributed by atoms with E-state index in [1.807, 2.05) is 26.8 Å². The second-order valence-corrected chi connectivity index (χ2v) is 5.69. The lowest BCUT2D eigenvalue weighted by molar-refractivity contribution is 0.102. The van der Waals surface area contributed by atoms with E-state index in [0.29, 0.717) is 16.9 Å². The molecule has 1 aromatic carbocycles. The van der Waals surface area contributed by atoms with E-state index in [-0.39, 0.29) is 11.7 Å². The van der Waals surface area contributed by atoms with E-state index >= 15 is 0 Å². The van der Waals surface area contributed by atoms with Crippen LogP contribution in [-0.2, 0) is 7.05 Å². The number of nitrogens with one attached hydrogen (secondary N) is 1. The molecule has 0 radical (unpaired) electrons. The number of aryl methyl sites for hydroxylation is 4. The molecule has 0 bridgehead atoms. The highest BCUT2D eigenvalue weighted by atomic mass is 16.3. The lowest BCUT2D eigenvalue weighted by atomic mass is 10.1. The number of anilines is 1. The molecule has 0 aliphatic carbocycles. The van der Waals surface area contributed by atoms with Crippen molar-refractivity contribution in [2.24, 2.45) is 7.05 Å². The number of carbonyl (C=O) groups is 1. The quantitative estimate of drug-likeness (QED) is 0.713. The van der Waals surface area contributed by atoms with Gasteiger partial charge in [0, 0.05) is 12.7 Å². The largest absolute Gasteiger partial charge is 0.506 e. The highest BCUT2D eigenvalue weighted by molar-refractivity contribution is 6.13. The van der Waals surface area contributed by atoms with Gasteiger partial charge in [0.2, 0.25) is 0 Å². The number of benzene rings is 1. The maximum absolute atomic E-state index is 12.7. The maximum Gasteiger partial charge on any atom is 0.256 e. The summed E-state index contributed by atoms with van der Waals surface area (Å²) in [4.78, 5) is 17.1. The molecule has 0 saturated carbocycles. The highest BCUT2D eigenvalue weighted by Gasteiger charge is 2.18. The van der Waals surface area contributed by atoms with Crippen molar-refractivity contribution in [1.82, 2.24) is 14.8 Å². The second kappa shape index (κ2) is 5.39. The Kier molecular flexibility index (Phi) is 3.52. The van der Waals surface area contributed by atoms with E-state index < -0.39 is 0 Å². The molecule has 3 aromatic rings. The number of nitrogens with zero attached hydrogens (tertiary/aromatic N) is 3. The summed E-state index contributed by atoms with van der Waals surface area (Å²) in [6.07, 6.45) is 0. The molecule has 0 saturated heterocycles. The van der Waals surface area contributed by atoms with Crippen LogP contribution < -0.4 is 5.32 Å². The van der Waals surface area contributed by atoms with Gasteiger partial charge in [-0.25, -0.2) is 4.98 Å². The van der Waals surface area contributed by atoms with Gasteiger partial charge in [0.25, 0.3) is 5.91 Å². The Balaban J connectivity index is 2.07. The Morgan fingerprint density at radius 3 is 2.65 bits per heavy atom. The number of fused-ring (bicyclic) bond motifs is 1. The van der Waals surface area contributed by atoms with Crippen LogP contribution in [0.15, 0.2) is 24.3 Å². The molecule has 0 spiro atoms. The summed E-state index contributed by atoms with van der Waals surface area (Å²) in [5.74, 6) is -0.251. The summed E-state index contributed by atoms with van der Waals surface area (Å²) in [6.45, 7) is 5.56. The fourth-order valence-electron chi connectivity index (χ4n) is 2.69. The van der Waals surface area contributed by atoms with Gasteiger partial charge in [-0.1, -0.05) is 6.07 Å². The number of amides is 1. The number of phenolic OH excluding ortho intramolecular Hbond substituents is 1. The molecular weight excluding hydrogens is 292 g/mol. The number of aromatic hydroxyl groups is 1. The Morgan fingerprint density at radius 1 is 1.22 bits per heavy atom. The first-order valence-corrected chi connectivity index (χ1v) is 7.28. The number of hydrogen-bond acceptors (Lipinski definition) is 4. The molecule has 23 heavy (non-hydrogen) atoms. The zero-order valence-corrected chi connectivity index (χ0v) is 13.5. The monoisotopic (exact) mass is 310 g/mol. The first kappa shape index (κ1) is 15.0. The van der Waals surface area contributed by atoms with Crippen LogP contribution in [0.2, 0.25) is 0 Å². The molecule has 0 aliphatic heterocycles. The van der Waals surface area contributed by atoms with E-state index in [1.165, 1.54) is 0 Å². The molecule has 1 amide bonds. The summed E-state index contributed by atoms with van der Waals surface area (Å²) in [7, 11) is 1.80. The highest BCUT2D eigenvalue weighted by Crippen LogP contribution is 2.27. The zero-order chi connectivity index (χ0) is 16.7. The van der Waals surface area contributed by atoms with Crippen molar-refractivity contribution >= 4 is 22.6 Å². The molecule has 2 aromatic heterocycles. The van der Waals surface area contributed by atoms with Crippen LogP contribution in [0.1, 0.15) is 27.3 Å². The number of aromatic nitrogens is 3. The fraction of sp³-hybridized carbons (Fsp3) is 0.235. The third kappa shape index (κ3) is 2.63. The molecule has 0 atom stereocenters. The van der Waals surface area contributed by atoms with Crippen LogP contribution in [-0.4, -0.2) is 25.8 Å². The van der Waals surface area contributed by atoms with Crippen molar-refractivity contribution in [1.29, 1.82) is 0 Å². The molecular formula is C17H18N4O2. The van der Waals surface area contributed by atoms with E-state index in [4.69, 9.17) is 0 Å². The van der Waals surface area contributed by atoms with Crippen molar-refractivity contribution in [2.75, 3.05) is 5.32 Å².